The predicted octanol–water partition coefficient (Wildman–Crippen LogP) is 4.03. The lowest BCUT2D eigenvalue weighted by molar-refractivity contribution is -0.128. The molecular formula is C27H32N4O4. The average Bonchev–Trinajstić information content (AvgIpc) is 3.41. The van der Waals surface area contributed by atoms with E-state index in [0.29, 0.717) is 6.54 Å². The van der Waals surface area contributed by atoms with Crippen LogP contribution in [0.3, 0.4) is 0 Å². The Labute approximate surface area is 203 Å². The van der Waals surface area contributed by atoms with Crippen molar-refractivity contribution < 1.29 is 19.8 Å². The molecular weight excluding hydrogens is 444 g/mol. The minimum Gasteiger partial charge on any atom is -0.508 e. The number of nitrogens with one attached hydrogen (secondary N) is 4. The molecule has 0 fully saturated rings. The van der Waals surface area contributed by atoms with Crippen LogP contribution >= 0.6 is 0 Å². The van der Waals surface area contributed by atoms with Gasteiger partial charge < -0.3 is 30.8 Å². The number of unbranched alkanes of at least 4 members (excludes halogenated alkanes) is 3. The smallest absolute Gasteiger partial charge is 0.242 e. The molecule has 8 nitrogen and oxygen atoms in total. The van der Waals surface area contributed by atoms with Crippen molar-refractivity contribution in [2.45, 2.75) is 51.5 Å². The Morgan fingerprint density at radius 2 is 1.51 bits per heavy atom. The zero-order valence-corrected chi connectivity index (χ0v) is 19.9. The van der Waals surface area contributed by atoms with E-state index >= 15 is 0 Å². The van der Waals surface area contributed by atoms with Crippen molar-refractivity contribution in [3.8, 4) is 11.5 Å². The minimum absolute atomic E-state index is 0.0679. The molecule has 0 saturated carbocycles. The van der Waals surface area contributed by atoms with Gasteiger partial charge >= 0.3 is 0 Å². The summed E-state index contributed by atoms with van der Waals surface area (Å²) in [5.74, 6) is -0.257. The molecule has 0 saturated heterocycles. The number of fused-ring (bicyclic) bond motifs is 2. The second kappa shape index (κ2) is 11.0. The quantitative estimate of drug-likeness (QED) is 0.183. The van der Waals surface area contributed by atoms with Crippen LogP contribution in [-0.4, -0.2) is 44.6 Å². The standard InChI is InChI=1S/C27H32N4O4/c1-2-3-4-5-10-28-27(35)25(11-17-15-29-23-8-6-19(32)13-21(17)23)31-26(34)12-18-16-30-24-9-7-20(33)14-22(18)24/h6-9,13-16,25,29-30,32-33H,2-5,10-12H2,1H3,(H,28,35)(H,31,34). The second-order valence-electron chi connectivity index (χ2n) is 8.94. The first-order valence-corrected chi connectivity index (χ1v) is 12.1. The van der Waals surface area contributed by atoms with Crippen LogP contribution in [0.4, 0.5) is 0 Å². The fourth-order valence-corrected chi connectivity index (χ4v) is 4.38. The SMILES string of the molecule is CCCCCCNC(=O)C(Cc1c[nH]c2ccc(O)cc12)NC(=O)Cc1c[nH]c2ccc(O)cc12. The number of aromatic nitrogens is 2. The zero-order chi connectivity index (χ0) is 24.8. The Balaban J connectivity index is 1.49. The molecule has 6 N–H and O–H groups in total. The third kappa shape index (κ3) is 5.95. The molecule has 2 amide bonds. The van der Waals surface area contributed by atoms with Crippen LogP contribution in [0.15, 0.2) is 48.8 Å². The van der Waals surface area contributed by atoms with Gasteiger partial charge in [-0.05, 0) is 53.9 Å². The van der Waals surface area contributed by atoms with Crippen LogP contribution in [-0.2, 0) is 22.4 Å². The van der Waals surface area contributed by atoms with E-state index < -0.39 is 6.04 Å². The van der Waals surface area contributed by atoms with E-state index in [2.05, 4.69) is 27.5 Å². The van der Waals surface area contributed by atoms with Gasteiger partial charge in [0, 0.05) is 47.2 Å². The number of aromatic amines is 2. The van der Waals surface area contributed by atoms with Crippen LogP contribution in [0.25, 0.3) is 21.8 Å². The van der Waals surface area contributed by atoms with Crippen molar-refractivity contribution in [2.24, 2.45) is 0 Å². The Kier molecular flexibility index (Phi) is 7.60. The van der Waals surface area contributed by atoms with Gasteiger partial charge in [-0.15, -0.1) is 0 Å². The lowest BCUT2D eigenvalue weighted by atomic mass is 10.0. The van der Waals surface area contributed by atoms with Crippen LogP contribution in [0.1, 0.15) is 43.7 Å². The van der Waals surface area contributed by atoms with Crippen molar-refractivity contribution in [3.05, 3.63) is 59.9 Å². The van der Waals surface area contributed by atoms with Crippen LogP contribution in [0.2, 0.25) is 0 Å². The number of hydrogen-bond donors (Lipinski definition) is 6. The number of rotatable bonds is 11. The molecule has 0 aliphatic rings. The number of carbonyl (C=O) groups excluding carboxylic acids is 2. The maximum Gasteiger partial charge on any atom is 0.242 e. The first-order chi connectivity index (χ1) is 16.9. The summed E-state index contributed by atoms with van der Waals surface area (Å²) in [5, 5.41) is 27.2. The lowest BCUT2D eigenvalue weighted by Gasteiger charge is -2.18. The molecule has 4 rings (SSSR count). The molecule has 0 aliphatic carbocycles. The molecule has 35 heavy (non-hydrogen) atoms. The van der Waals surface area contributed by atoms with E-state index in [4.69, 9.17) is 0 Å². The van der Waals surface area contributed by atoms with Gasteiger partial charge in [0.25, 0.3) is 0 Å². The average molecular weight is 477 g/mol. The monoisotopic (exact) mass is 476 g/mol. The van der Waals surface area contributed by atoms with Crippen molar-refractivity contribution in [2.75, 3.05) is 6.54 Å². The molecule has 0 radical (unpaired) electrons. The number of carbonyl (C=O) groups is 2. The Morgan fingerprint density at radius 1 is 0.886 bits per heavy atom. The molecule has 8 heteroatoms. The number of hydrogen-bond acceptors (Lipinski definition) is 4. The molecule has 0 aliphatic heterocycles. The Bertz CT molecular complexity index is 1320. The van der Waals surface area contributed by atoms with Gasteiger partial charge in [0.15, 0.2) is 0 Å². The van der Waals surface area contributed by atoms with Gasteiger partial charge in [0.2, 0.25) is 11.8 Å². The van der Waals surface area contributed by atoms with Crippen molar-refractivity contribution in [1.29, 1.82) is 0 Å². The molecule has 2 aromatic carbocycles. The highest BCUT2D eigenvalue weighted by atomic mass is 16.3. The summed E-state index contributed by atoms with van der Waals surface area (Å²) in [5.41, 5.74) is 3.25. The number of aromatic hydroxyl groups is 2. The van der Waals surface area contributed by atoms with E-state index in [1.807, 2.05) is 0 Å². The maximum absolute atomic E-state index is 13.1. The van der Waals surface area contributed by atoms with Gasteiger partial charge in [-0.3, -0.25) is 9.59 Å². The summed E-state index contributed by atoms with van der Waals surface area (Å²) in [6.45, 7) is 2.69. The summed E-state index contributed by atoms with van der Waals surface area (Å²) >= 11 is 0. The summed E-state index contributed by atoms with van der Waals surface area (Å²) in [6.07, 6.45) is 8.07. The molecule has 0 bridgehead atoms. The van der Waals surface area contributed by atoms with E-state index in [1.54, 1.807) is 48.8 Å². The summed E-state index contributed by atoms with van der Waals surface area (Å²) in [4.78, 5) is 32.3. The van der Waals surface area contributed by atoms with Crippen LogP contribution in [0.5, 0.6) is 11.5 Å². The number of H-pyrrole nitrogens is 2. The molecule has 2 heterocycles. The van der Waals surface area contributed by atoms with Crippen molar-refractivity contribution in [3.63, 3.8) is 0 Å². The molecule has 4 aromatic rings. The number of phenolic OH excluding ortho intramolecular Hbond substituents is 2. The highest BCUT2D eigenvalue weighted by Gasteiger charge is 2.23. The molecule has 1 atom stereocenters. The molecule has 1 unspecified atom stereocenters. The summed E-state index contributed by atoms with van der Waals surface area (Å²) < 4.78 is 0. The first-order valence-electron chi connectivity index (χ1n) is 12.1. The third-order valence-corrected chi connectivity index (χ3v) is 6.26. The first kappa shape index (κ1) is 24.2. The third-order valence-electron chi connectivity index (χ3n) is 6.26. The van der Waals surface area contributed by atoms with Gasteiger partial charge in [0.1, 0.15) is 17.5 Å². The highest BCUT2D eigenvalue weighted by molar-refractivity contribution is 5.93. The lowest BCUT2D eigenvalue weighted by Crippen LogP contribution is -2.48. The number of phenols is 2. The van der Waals surface area contributed by atoms with E-state index in [9.17, 15) is 19.8 Å². The summed E-state index contributed by atoms with van der Waals surface area (Å²) in [6, 6.07) is 9.23. The number of amides is 2. The van der Waals surface area contributed by atoms with Gasteiger partial charge in [0.05, 0.1) is 6.42 Å². The van der Waals surface area contributed by atoms with Gasteiger partial charge in [-0.25, -0.2) is 0 Å². The van der Waals surface area contributed by atoms with E-state index in [-0.39, 0.29) is 36.2 Å². The van der Waals surface area contributed by atoms with Gasteiger partial charge in [-0.2, -0.15) is 0 Å². The topological polar surface area (TPSA) is 130 Å². The highest BCUT2D eigenvalue weighted by Crippen LogP contribution is 2.25. The Hall–Kier alpha value is -3.94. The normalized spacial score (nSPS) is 12.1. The number of benzene rings is 2. The zero-order valence-electron chi connectivity index (χ0n) is 19.9. The fourth-order valence-electron chi connectivity index (χ4n) is 4.38. The van der Waals surface area contributed by atoms with Crippen LogP contribution in [0, 0.1) is 0 Å². The van der Waals surface area contributed by atoms with Crippen LogP contribution < -0.4 is 10.6 Å². The second-order valence-corrected chi connectivity index (χ2v) is 8.94. The van der Waals surface area contributed by atoms with E-state index in [0.717, 1.165) is 58.6 Å². The largest absolute Gasteiger partial charge is 0.508 e. The molecule has 2 aromatic heterocycles. The summed E-state index contributed by atoms with van der Waals surface area (Å²) in [7, 11) is 0. The van der Waals surface area contributed by atoms with E-state index in [1.165, 1.54) is 0 Å². The maximum atomic E-state index is 13.1. The Morgan fingerprint density at radius 3 is 2.17 bits per heavy atom. The van der Waals surface area contributed by atoms with Crippen molar-refractivity contribution >= 4 is 33.6 Å². The minimum atomic E-state index is -0.770. The van der Waals surface area contributed by atoms with Gasteiger partial charge in [-0.1, -0.05) is 26.2 Å². The predicted molar refractivity (Wildman–Crippen MR) is 136 cm³/mol. The molecule has 184 valence electrons. The fraction of sp³-hybridized carbons (Fsp3) is 0.333. The van der Waals surface area contributed by atoms with Crippen molar-refractivity contribution in [1.82, 2.24) is 20.6 Å². The molecule has 0 spiro atoms.